The zero-order valence-corrected chi connectivity index (χ0v) is 60.9. The second-order valence-corrected chi connectivity index (χ2v) is 29.4. The SMILES string of the molecule is CCCCCCCCCCCCCCCCCCCC(=O)O[C@H](COC(=O)CCCCCCCCCCC(C)CC)COP(=O)(O)OC[C@@H](O)COP(=O)(O)OC[C@@H](COC(=O)CCCCCCCCC(C)CC)OC(=O)CCCCCCCCCCCCCC. The number of phosphoric ester groups is 2. The molecule has 0 spiro atoms. The van der Waals surface area contributed by atoms with Gasteiger partial charge in [0, 0.05) is 25.7 Å². The Hall–Kier alpha value is -1.94. The number of ether oxygens (including phenoxy) is 4. The van der Waals surface area contributed by atoms with Crippen LogP contribution in [0.3, 0.4) is 0 Å². The van der Waals surface area contributed by atoms with Gasteiger partial charge in [0.1, 0.15) is 19.3 Å². The summed E-state index contributed by atoms with van der Waals surface area (Å²) in [4.78, 5) is 72.6. The molecule has 0 saturated heterocycles. The van der Waals surface area contributed by atoms with Gasteiger partial charge in [0.05, 0.1) is 26.4 Å². The van der Waals surface area contributed by atoms with Gasteiger partial charge in [0.2, 0.25) is 0 Å². The average molecular weight is 1340 g/mol. The Morgan fingerprint density at radius 1 is 0.308 bits per heavy atom. The molecule has 91 heavy (non-hydrogen) atoms. The number of phosphoric acid groups is 2. The Kier molecular flexibility index (Phi) is 62.7. The van der Waals surface area contributed by atoms with Gasteiger partial charge in [-0.2, -0.15) is 0 Å². The maximum absolute atomic E-state index is 13.0. The van der Waals surface area contributed by atoms with Gasteiger partial charge >= 0.3 is 39.5 Å². The predicted octanol–water partition coefficient (Wildman–Crippen LogP) is 20.8. The third kappa shape index (κ3) is 63.9. The predicted molar refractivity (Wildman–Crippen MR) is 368 cm³/mol. The fourth-order valence-corrected chi connectivity index (χ4v) is 12.5. The van der Waals surface area contributed by atoms with Gasteiger partial charge in [0.25, 0.3) is 0 Å². The van der Waals surface area contributed by atoms with E-state index in [1.54, 1.807) is 0 Å². The highest BCUT2D eigenvalue weighted by molar-refractivity contribution is 7.47. The van der Waals surface area contributed by atoms with Crippen LogP contribution in [0.1, 0.15) is 369 Å². The summed E-state index contributed by atoms with van der Waals surface area (Å²) in [6.07, 6.45) is 49.9. The van der Waals surface area contributed by atoms with Crippen molar-refractivity contribution in [2.24, 2.45) is 11.8 Å². The number of aliphatic hydroxyl groups excluding tert-OH is 1. The lowest BCUT2D eigenvalue weighted by atomic mass is 9.99. The molecule has 0 heterocycles. The fourth-order valence-electron chi connectivity index (χ4n) is 10.9. The van der Waals surface area contributed by atoms with Crippen molar-refractivity contribution in [2.45, 2.75) is 387 Å². The average Bonchev–Trinajstić information content (AvgIpc) is 3.74. The molecule has 7 atom stereocenters. The van der Waals surface area contributed by atoms with Crippen LogP contribution in [-0.4, -0.2) is 96.7 Å². The standard InChI is InChI=1S/C72H140O17P2/c1-7-11-13-15-17-19-21-23-24-25-26-27-29-31-37-45-51-57-72(77)88-67(60-82-69(74)54-48-42-35-33-32-34-40-46-52-64(5)9-3)62-86-90(78,79)84-58-66(73)59-85-91(80,81)87-63-68(61-83-70(75)55-49-43-39-38-41-47-53-65(6)10-4)89-71(76)56-50-44-36-30-28-22-20-18-16-14-12-8-2/h64-68,73H,7-63H2,1-6H3,(H,78,79)(H,80,81)/t64?,65?,66-,67-,68-/m1/s1. The van der Waals surface area contributed by atoms with Gasteiger partial charge < -0.3 is 33.8 Å². The molecule has 4 unspecified atom stereocenters. The number of carbonyl (C=O) groups excluding carboxylic acids is 4. The molecule has 0 aliphatic carbocycles. The van der Waals surface area contributed by atoms with Crippen LogP contribution in [-0.2, 0) is 65.4 Å². The number of rotatable bonds is 71. The first-order valence-corrected chi connectivity index (χ1v) is 40.6. The minimum Gasteiger partial charge on any atom is -0.462 e. The van der Waals surface area contributed by atoms with Crippen LogP contribution in [0.25, 0.3) is 0 Å². The monoisotopic (exact) mass is 1340 g/mol. The third-order valence-electron chi connectivity index (χ3n) is 17.4. The summed E-state index contributed by atoms with van der Waals surface area (Å²) < 4.78 is 68.4. The highest BCUT2D eigenvalue weighted by Crippen LogP contribution is 2.45. The molecule has 0 saturated carbocycles. The van der Waals surface area contributed by atoms with Crippen molar-refractivity contribution in [1.82, 2.24) is 0 Å². The summed E-state index contributed by atoms with van der Waals surface area (Å²) in [5.41, 5.74) is 0. The summed E-state index contributed by atoms with van der Waals surface area (Å²) in [5, 5.41) is 10.6. The van der Waals surface area contributed by atoms with Crippen molar-refractivity contribution in [3.63, 3.8) is 0 Å². The van der Waals surface area contributed by atoms with Gasteiger partial charge in [-0.1, -0.05) is 318 Å². The molecule has 0 fully saturated rings. The van der Waals surface area contributed by atoms with Crippen molar-refractivity contribution in [1.29, 1.82) is 0 Å². The molecule has 0 rings (SSSR count). The van der Waals surface area contributed by atoms with E-state index in [9.17, 15) is 43.2 Å². The zero-order valence-electron chi connectivity index (χ0n) is 59.1. The molecule has 0 aromatic heterocycles. The van der Waals surface area contributed by atoms with Crippen LogP contribution in [0.15, 0.2) is 0 Å². The molecule has 0 aromatic rings. The quantitative estimate of drug-likeness (QED) is 0.0222. The molecule has 3 N–H and O–H groups in total. The van der Waals surface area contributed by atoms with E-state index in [4.69, 9.17) is 37.0 Å². The van der Waals surface area contributed by atoms with E-state index in [-0.39, 0.29) is 25.7 Å². The Morgan fingerprint density at radius 2 is 0.527 bits per heavy atom. The molecule has 17 nitrogen and oxygen atoms in total. The van der Waals surface area contributed by atoms with Crippen molar-refractivity contribution in [3.8, 4) is 0 Å². The zero-order chi connectivity index (χ0) is 67.2. The first kappa shape index (κ1) is 89.1. The molecule has 0 aliphatic rings. The van der Waals surface area contributed by atoms with Crippen molar-refractivity contribution >= 4 is 39.5 Å². The van der Waals surface area contributed by atoms with Crippen LogP contribution < -0.4 is 0 Å². The second kappa shape index (κ2) is 64.1. The molecular formula is C72H140O17P2. The van der Waals surface area contributed by atoms with Gasteiger partial charge in [0.15, 0.2) is 12.2 Å². The summed E-state index contributed by atoms with van der Waals surface area (Å²) in [5.74, 6) is -0.613. The van der Waals surface area contributed by atoms with E-state index in [0.29, 0.717) is 25.7 Å². The molecule has 0 aliphatic heterocycles. The number of hydrogen-bond donors (Lipinski definition) is 3. The van der Waals surface area contributed by atoms with Crippen molar-refractivity contribution < 1.29 is 80.2 Å². The molecule has 0 radical (unpaired) electrons. The van der Waals surface area contributed by atoms with E-state index in [1.807, 2.05) is 0 Å². The van der Waals surface area contributed by atoms with E-state index in [0.717, 1.165) is 108 Å². The Morgan fingerprint density at radius 3 is 0.780 bits per heavy atom. The maximum Gasteiger partial charge on any atom is 0.472 e. The topological polar surface area (TPSA) is 237 Å². The van der Waals surface area contributed by atoms with Crippen LogP contribution in [0, 0.1) is 11.8 Å². The smallest absolute Gasteiger partial charge is 0.462 e. The molecule has 540 valence electrons. The van der Waals surface area contributed by atoms with Crippen LogP contribution in [0.2, 0.25) is 0 Å². The molecular weight excluding hydrogens is 1200 g/mol. The third-order valence-corrected chi connectivity index (χ3v) is 19.3. The highest BCUT2D eigenvalue weighted by Gasteiger charge is 2.30. The maximum atomic E-state index is 13.0. The fraction of sp³-hybridized carbons (Fsp3) is 0.944. The van der Waals surface area contributed by atoms with Gasteiger partial charge in [-0.05, 0) is 37.5 Å². The van der Waals surface area contributed by atoms with E-state index in [1.165, 1.54) is 180 Å². The number of unbranched alkanes of at least 4 members (excludes halogenated alkanes) is 39. The first-order valence-electron chi connectivity index (χ1n) is 37.6. The number of carbonyl (C=O) groups is 4. The summed E-state index contributed by atoms with van der Waals surface area (Å²) in [6.45, 7) is 9.53. The van der Waals surface area contributed by atoms with Gasteiger partial charge in [-0.3, -0.25) is 37.3 Å². The normalized spacial score (nSPS) is 14.7. The molecule has 0 amide bonds. The minimum absolute atomic E-state index is 0.106. The Balaban J connectivity index is 5.25. The van der Waals surface area contributed by atoms with Crippen LogP contribution in [0.4, 0.5) is 0 Å². The Labute approximate surface area is 556 Å². The summed E-state index contributed by atoms with van der Waals surface area (Å²) in [7, 11) is -9.90. The number of hydrogen-bond acceptors (Lipinski definition) is 15. The van der Waals surface area contributed by atoms with Crippen LogP contribution in [0.5, 0.6) is 0 Å². The van der Waals surface area contributed by atoms with E-state index in [2.05, 4.69) is 41.5 Å². The van der Waals surface area contributed by atoms with Crippen LogP contribution >= 0.6 is 15.6 Å². The van der Waals surface area contributed by atoms with Gasteiger partial charge in [-0.15, -0.1) is 0 Å². The molecule has 19 heteroatoms. The first-order chi connectivity index (χ1) is 43.9. The number of esters is 4. The molecule has 0 aromatic carbocycles. The van der Waals surface area contributed by atoms with E-state index >= 15 is 0 Å². The van der Waals surface area contributed by atoms with Crippen molar-refractivity contribution in [3.05, 3.63) is 0 Å². The lowest BCUT2D eigenvalue weighted by molar-refractivity contribution is -0.161. The largest absolute Gasteiger partial charge is 0.472 e. The lowest BCUT2D eigenvalue weighted by Gasteiger charge is -2.21. The van der Waals surface area contributed by atoms with E-state index < -0.39 is 97.5 Å². The molecule has 0 bridgehead atoms. The summed E-state index contributed by atoms with van der Waals surface area (Å²) >= 11 is 0. The second-order valence-electron chi connectivity index (χ2n) is 26.5. The summed E-state index contributed by atoms with van der Waals surface area (Å²) in [6, 6.07) is 0. The Bertz CT molecular complexity index is 1770. The highest BCUT2D eigenvalue weighted by atomic mass is 31.2. The lowest BCUT2D eigenvalue weighted by Crippen LogP contribution is -2.30. The minimum atomic E-state index is -4.95. The van der Waals surface area contributed by atoms with Gasteiger partial charge in [-0.25, -0.2) is 9.13 Å². The van der Waals surface area contributed by atoms with Crippen molar-refractivity contribution in [2.75, 3.05) is 39.6 Å². The number of aliphatic hydroxyl groups is 1.